The molecule has 3 N–H and O–H groups in total. The summed E-state index contributed by atoms with van der Waals surface area (Å²) in [5, 5.41) is 2.98. The lowest BCUT2D eigenvalue weighted by Gasteiger charge is -2.33. The van der Waals surface area contributed by atoms with E-state index in [2.05, 4.69) is 10.2 Å². The van der Waals surface area contributed by atoms with Crippen LogP contribution in [0.4, 0.5) is 5.82 Å². The number of ketones is 1. The van der Waals surface area contributed by atoms with Crippen LogP contribution in [0.3, 0.4) is 0 Å². The monoisotopic (exact) mass is 454 g/mol. The molecule has 0 bridgehead atoms. The number of hydrogen-bond acceptors (Lipinski definition) is 7. The first-order chi connectivity index (χ1) is 15.8. The van der Waals surface area contributed by atoms with E-state index in [-0.39, 0.29) is 30.4 Å². The minimum atomic E-state index is -0.679. The molecule has 0 unspecified atom stereocenters. The van der Waals surface area contributed by atoms with Crippen LogP contribution in [-0.4, -0.2) is 75.9 Å². The third-order valence-corrected chi connectivity index (χ3v) is 6.19. The van der Waals surface area contributed by atoms with Crippen LogP contribution in [0.15, 0.2) is 39.9 Å². The molecule has 1 aromatic carbocycles. The number of amides is 1. The number of carbonyl (C=O) groups excluding carboxylic acids is 2. The van der Waals surface area contributed by atoms with Gasteiger partial charge in [0.2, 0.25) is 5.91 Å². The Labute approximate surface area is 191 Å². The zero-order valence-corrected chi connectivity index (χ0v) is 18.8. The molecule has 2 fully saturated rings. The summed E-state index contributed by atoms with van der Waals surface area (Å²) < 4.78 is 2.20. The number of nitrogen functional groups attached to an aromatic ring is 1. The summed E-state index contributed by atoms with van der Waals surface area (Å²) in [7, 11) is 1.35. The first-order valence-corrected chi connectivity index (χ1v) is 11.2. The fourth-order valence-corrected chi connectivity index (χ4v) is 4.06. The number of anilines is 1. The normalized spacial score (nSPS) is 17.1. The average Bonchev–Trinajstić information content (AvgIpc) is 3.61. The molecule has 1 aromatic heterocycles. The van der Waals surface area contributed by atoms with E-state index in [1.807, 2.05) is 35.2 Å². The lowest BCUT2D eigenvalue weighted by molar-refractivity contribution is -0.122. The van der Waals surface area contributed by atoms with Crippen molar-refractivity contribution in [2.24, 2.45) is 7.05 Å². The van der Waals surface area contributed by atoms with Gasteiger partial charge in [0.1, 0.15) is 11.4 Å². The van der Waals surface area contributed by atoms with Gasteiger partial charge in [-0.1, -0.05) is 30.3 Å². The van der Waals surface area contributed by atoms with Crippen molar-refractivity contribution < 1.29 is 9.59 Å². The van der Waals surface area contributed by atoms with Crippen molar-refractivity contribution in [3.63, 3.8) is 0 Å². The minimum Gasteiger partial charge on any atom is -0.384 e. The van der Waals surface area contributed by atoms with E-state index in [0.29, 0.717) is 38.8 Å². The Morgan fingerprint density at radius 1 is 1.00 bits per heavy atom. The molecule has 1 saturated heterocycles. The minimum absolute atomic E-state index is 0.0328. The highest BCUT2D eigenvalue weighted by Gasteiger charge is 2.27. The molecule has 33 heavy (non-hydrogen) atoms. The van der Waals surface area contributed by atoms with Gasteiger partial charge in [0.25, 0.3) is 5.56 Å². The Hall–Kier alpha value is -3.24. The molecule has 1 aliphatic heterocycles. The highest BCUT2D eigenvalue weighted by molar-refractivity contribution is 6.01. The third kappa shape index (κ3) is 5.40. The summed E-state index contributed by atoms with van der Waals surface area (Å²) in [5.41, 5.74) is 5.63. The predicted octanol–water partition coefficient (Wildman–Crippen LogP) is -0.744. The van der Waals surface area contributed by atoms with Gasteiger partial charge in [0, 0.05) is 39.3 Å². The Morgan fingerprint density at radius 2 is 1.61 bits per heavy atom. The van der Waals surface area contributed by atoms with Crippen LogP contribution in [0, 0.1) is 0 Å². The number of nitrogens with two attached hydrogens (primary N) is 1. The number of nitrogens with one attached hydrogen (secondary N) is 1. The van der Waals surface area contributed by atoms with E-state index in [1.165, 1.54) is 11.6 Å². The molecule has 1 aliphatic carbocycles. The Morgan fingerprint density at radius 3 is 2.21 bits per heavy atom. The largest absolute Gasteiger partial charge is 0.384 e. The standard InChI is InChI=1S/C23H30N6O4/c1-26-22(32)20(21(24)29(23(26)33)13-16-5-3-2-4-6-16)18(30)14-27-9-11-28(12-10-27)15-19(31)25-17-7-8-17/h2-6,17H,7-15,24H2,1H3,(H,25,31). The first-order valence-electron chi connectivity index (χ1n) is 11.2. The van der Waals surface area contributed by atoms with Crippen LogP contribution in [0.1, 0.15) is 28.8 Å². The smallest absolute Gasteiger partial charge is 0.332 e. The molecule has 0 radical (unpaired) electrons. The number of Topliss-reactive ketones (excluding diaryl/α,β-unsaturated/α-hetero) is 1. The highest BCUT2D eigenvalue weighted by atomic mass is 16.2. The maximum atomic E-state index is 13.1. The molecule has 4 rings (SSSR count). The molecule has 1 amide bonds. The zero-order chi connectivity index (χ0) is 23.5. The molecular formula is C23H30N6O4. The van der Waals surface area contributed by atoms with Crippen LogP contribution in [0.25, 0.3) is 0 Å². The SMILES string of the molecule is Cn1c(=O)c(C(=O)CN2CCN(CC(=O)NC3CC3)CC2)c(N)n(Cc2ccccc2)c1=O. The van der Waals surface area contributed by atoms with E-state index in [9.17, 15) is 19.2 Å². The summed E-state index contributed by atoms with van der Waals surface area (Å²) >= 11 is 0. The molecule has 1 saturated carbocycles. The molecule has 2 aromatic rings. The van der Waals surface area contributed by atoms with E-state index >= 15 is 0 Å². The molecule has 2 heterocycles. The van der Waals surface area contributed by atoms with Gasteiger partial charge in [-0.3, -0.25) is 33.3 Å². The van der Waals surface area contributed by atoms with E-state index in [1.54, 1.807) is 0 Å². The van der Waals surface area contributed by atoms with Gasteiger partial charge in [-0.05, 0) is 18.4 Å². The van der Waals surface area contributed by atoms with E-state index in [0.717, 1.165) is 23.0 Å². The maximum absolute atomic E-state index is 13.1. The Balaban J connectivity index is 1.43. The summed E-state index contributed by atoms with van der Waals surface area (Å²) in [6, 6.07) is 9.60. The van der Waals surface area contributed by atoms with Crippen molar-refractivity contribution in [1.29, 1.82) is 0 Å². The molecule has 176 valence electrons. The second-order valence-electron chi connectivity index (χ2n) is 8.80. The third-order valence-electron chi connectivity index (χ3n) is 6.19. The summed E-state index contributed by atoms with van der Waals surface area (Å²) in [6.45, 7) is 3.08. The summed E-state index contributed by atoms with van der Waals surface area (Å²) in [5.74, 6) is -0.471. The second kappa shape index (κ2) is 9.72. The number of hydrogen-bond donors (Lipinski definition) is 2. The zero-order valence-electron chi connectivity index (χ0n) is 18.8. The van der Waals surface area contributed by atoms with Gasteiger partial charge in [-0.2, -0.15) is 0 Å². The highest BCUT2D eigenvalue weighted by Crippen LogP contribution is 2.18. The molecule has 10 heteroatoms. The van der Waals surface area contributed by atoms with Crippen LogP contribution in [-0.2, 0) is 18.4 Å². The van der Waals surface area contributed by atoms with Crippen LogP contribution < -0.4 is 22.3 Å². The van der Waals surface area contributed by atoms with E-state index in [4.69, 9.17) is 5.73 Å². The number of aromatic nitrogens is 2. The second-order valence-corrected chi connectivity index (χ2v) is 8.80. The van der Waals surface area contributed by atoms with Crippen molar-refractivity contribution in [2.45, 2.75) is 25.4 Å². The van der Waals surface area contributed by atoms with Crippen molar-refractivity contribution in [2.75, 3.05) is 45.0 Å². The number of rotatable bonds is 8. The van der Waals surface area contributed by atoms with Gasteiger partial charge in [-0.25, -0.2) is 4.79 Å². The Bertz CT molecular complexity index is 1140. The van der Waals surface area contributed by atoms with Crippen LogP contribution in [0.5, 0.6) is 0 Å². The maximum Gasteiger partial charge on any atom is 0.332 e. The topological polar surface area (TPSA) is 123 Å². The van der Waals surface area contributed by atoms with Gasteiger partial charge >= 0.3 is 5.69 Å². The van der Waals surface area contributed by atoms with Crippen LogP contribution in [0.2, 0.25) is 0 Å². The van der Waals surface area contributed by atoms with Crippen molar-refractivity contribution in [1.82, 2.24) is 24.3 Å². The molecular weight excluding hydrogens is 424 g/mol. The molecule has 0 spiro atoms. The summed E-state index contributed by atoms with van der Waals surface area (Å²) in [6.07, 6.45) is 2.12. The molecule has 10 nitrogen and oxygen atoms in total. The number of piperazine rings is 1. The molecule has 0 atom stereocenters. The predicted molar refractivity (Wildman–Crippen MR) is 124 cm³/mol. The van der Waals surface area contributed by atoms with Crippen molar-refractivity contribution >= 4 is 17.5 Å². The van der Waals surface area contributed by atoms with Crippen molar-refractivity contribution in [3.05, 3.63) is 62.3 Å². The number of carbonyl (C=O) groups is 2. The number of nitrogens with zero attached hydrogens (tertiary/aromatic N) is 4. The average molecular weight is 455 g/mol. The fraction of sp³-hybridized carbons (Fsp3) is 0.478. The molecule has 2 aliphatic rings. The summed E-state index contributed by atoms with van der Waals surface area (Å²) in [4.78, 5) is 54.5. The van der Waals surface area contributed by atoms with Gasteiger partial charge in [-0.15, -0.1) is 0 Å². The van der Waals surface area contributed by atoms with Gasteiger partial charge < -0.3 is 11.1 Å². The van der Waals surface area contributed by atoms with Crippen molar-refractivity contribution in [3.8, 4) is 0 Å². The van der Waals surface area contributed by atoms with Gasteiger partial charge in [0.05, 0.1) is 19.6 Å². The lowest BCUT2D eigenvalue weighted by Crippen LogP contribution is -2.51. The lowest BCUT2D eigenvalue weighted by atomic mass is 10.1. The fourth-order valence-electron chi connectivity index (χ4n) is 4.06. The first kappa shape index (κ1) is 22.9. The number of benzene rings is 1. The van der Waals surface area contributed by atoms with Crippen LogP contribution >= 0.6 is 0 Å². The van der Waals surface area contributed by atoms with Gasteiger partial charge in [0.15, 0.2) is 5.78 Å². The van der Waals surface area contributed by atoms with E-state index < -0.39 is 17.0 Å². The Kier molecular flexibility index (Phi) is 6.75. The quantitative estimate of drug-likeness (QED) is 0.504.